The maximum absolute atomic E-state index is 13.2. The second-order valence-electron chi connectivity index (χ2n) is 6.90. The Hall–Kier alpha value is -2.04. The maximum atomic E-state index is 13.2. The Labute approximate surface area is 146 Å². The fourth-order valence-corrected chi connectivity index (χ4v) is 3.24. The molecule has 0 saturated carbocycles. The monoisotopic (exact) mass is 351 g/mol. The van der Waals surface area contributed by atoms with Crippen LogP contribution in [0.5, 0.6) is 0 Å². The number of anilines is 1. The summed E-state index contributed by atoms with van der Waals surface area (Å²) < 4.78 is 39.5. The summed E-state index contributed by atoms with van der Waals surface area (Å²) in [6, 6.07) is 7.33. The van der Waals surface area contributed by atoms with Crippen molar-refractivity contribution in [2.24, 2.45) is 5.92 Å². The average Bonchev–Trinajstić information content (AvgIpc) is 2.54. The van der Waals surface area contributed by atoms with Crippen molar-refractivity contribution >= 4 is 11.6 Å². The first-order valence-corrected chi connectivity index (χ1v) is 8.57. The summed E-state index contributed by atoms with van der Waals surface area (Å²) in [5, 5.41) is 2.71. The Morgan fingerprint density at radius 2 is 1.88 bits per heavy atom. The van der Waals surface area contributed by atoms with Crippen molar-refractivity contribution < 1.29 is 18.0 Å². The van der Waals surface area contributed by atoms with E-state index in [1.165, 1.54) is 6.08 Å². The lowest BCUT2D eigenvalue weighted by Gasteiger charge is -2.21. The highest BCUT2D eigenvalue weighted by atomic mass is 19.4. The molecule has 1 aromatic rings. The number of allylic oxidation sites excluding steroid dienone is 3. The minimum absolute atomic E-state index is 0.0981. The number of benzene rings is 1. The largest absolute Gasteiger partial charge is 0.416 e. The van der Waals surface area contributed by atoms with E-state index in [-0.39, 0.29) is 17.9 Å². The van der Waals surface area contributed by atoms with Crippen molar-refractivity contribution in [3.63, 3.8) is 0 Å². The van der Waals surface area contributed by atoms with Gasteiger partial charge in [0.25, 0.3) is 5.91 Å². The van der Waals surface area contributed by atoms with E-state index < -0.39 is 17.7 Å². The Morgan fingerprint density at radius 1 is 1.20 bits per heavy atom. The molecule has 0 saturated heterocycles. The summed E-state index contributed by atoms with van der Waals surface area (Å²) in [7, 11) is 0. The Morgan fingerprint density at radius 3 is 2.52 bits per heavy atom. The first-order chi connectivity index (χ1) is 11.7. The van der Waals surface area contributed by atoms with Crippen molar-refractivity contribution in [3.8, 4) is 0 Å². The lowest BCUT2D eigenvalue weighted by molar-refractivity contribution is -0.115. The van der Waals surface area contributed by atoms with Crippen LogP contribution in [0.25, 0.3) is 0 Å². The minimum atomic E-state index is -4.52. The van der Waals surface area contributed by atoms with Gasteiger partial charge >= 0.3 is 6.18 Å². The molecule has 2 rings (SSSR count). The Bertz CT molecular complexity index is 686. The lowest BCUT2D eigenvalue weighted by Crippen LogP contribution is -2.23. The van der Waals surface area contributed by atoms with Crippen molar-refractivity contribution in [2.75, 3.05) is 5.32 Å². The molecule has 0 fully saturated rings. The molecular formula is C20H24F3NO. The Balaban J connectivity index is 2.29. The van der Waals surface area contributed by atoms with Crippen LogP contribution in [0.1, 0.15) is 51.5 Å². The number of rotatable bonds is 5. The quantitative estimate of drug-likeness (QED) is 0.694. The number of carbonyl (C=O) groups is 1. The highest BCUT2D eigenvalue weighted by Crippen LogP contribution is 2.35. The minimum Gasteiger partial charge on any atom is -0.322 e. The van der Waals surface area contributed by atoms with Crippen molar-refractivity contribution in [1.82, 2.24) is 0 Å². The standard InChI is InChI=1S/C20H24F3NO/c1-13(2)12-14(3)15-8-5-7-11-18(15)24-19(25)16-9-4-6-10-17(16)20(21,22)23/h5-8,10-11,13-14H,4,9,12H2,1-3H3,(H,24,25). The highest BCUT2D eigenvalue weighted by Gasteiger charge is 2.37. The van der Waals surface area contributed by atoms with Crippen LogP contribution in [0.15, 0.2) is 47.6 Å². The topological polar surface area (TPSA) is 29.1 Å². The molecule has 0 bridgehead atoms. The van der Waals surface area contributed by atoms with E-state index in [4.69, 9.17) is 0 Å². The predicted molar refractivity (Wildman–Crippen MR) is 94.4 cm³/mol. The molecule has 0 heterocycles. The zero-order chi connectivity index (χ0) is 18.6. The third kappa shape index (κ3) is 4.97. The van der Waals surface area contributed by atoms with E-state index in [0.717, 1.165) is 18.1 Å². The molecule has 1 atom stereocenters. The summed E-state index contributed by atoms with van der Waals surface area (Å²) in [5.41, 5.74) is 0.500. The molecule has 0 aliphatic heterocycles. The fraction of sp³-hybridized carbons (Fsp3) is 0.450. The lowest BCUT2D eigenvalue weighted by atomic mass is 9.90. The molecule has 1 unspecified atom stereocenters. The van der Waals surface area contributed by atoms with Crippen LogP contribution >= 0.6 is 0 Å². The summed E-state index contributed by atoms with van der Waals surface area (Å²) in [4.78, 5) is 12.5. The zero-order valence-electron chi connectivity index (χ0n) is 14.8. The van der Waals surface area contributed by atoms with Gasteiger partial charge in [0.1, 0.15) is 0 Å². The molecule has 25 heavy (non-hydrogen) atoms. The molecule has 1 amide bonds. The molecule has 136 valence electrons. The van der Waals surface area contributed by atoms with Gasteiger partial charge in [-0.2, -0.15) is 13.2 Å². The third-order valence-electron chi connectivity index (χ3n) is 4.31. The van der Waals surface area contributed by atoms with Gasteiger partial charge in [-0.05, 0) is 42.7 Å². The number of carbonyl (C=O) groups excluding carboxylic acids is 1. The number of amides is 1. The van der Waals surface area contributed by atoms with Gasteiger partial charge in [-0.1, -0.05) is 51.1 Å². The summed E-state index contributed by atoms with van der Waals surface area (Å²) >= 11 is 0. The van der Waals surface area contributed by atoms with E-state index in [1.807, 2.05) is 12.1 Å². The van der Waals surface area contributed by atoms with Crippen LogP contribution in [0.4, 0.5) is 18.9 Å². The van der Waals surface area contributed by atoms with Gasteiger partial charge in [-0.3, -0.25) is 4.79 Å². The molecule has 0 spiro atoms. The summed E-state index contributed by atoms with van der Waals surface area (Å²) in [6.45, 7) is 6.30. The number of hydrogen-bond acceptors (Lipinski definition) is 1. The van der Waals surface area contributed by atoms with Crippen molar-refractivity contribution in [1.29, 1.82) is 0 Å². The van der Waals surface area contributed by atoms with E-state index in [2.05, 4.69) is 26.1 Å². The van der Waals surface area contributed by atoms with Crippen LogP contribution in [-0.4, -0.2) is 12.1 Å². The van der Waals surface area contributed by atoms with Crippen molar-refractivity contribution in [2.45, 2.75) is 52.1 Å². The van der Waals surface area contributed by atoms with Gasteiger partial charge in [0, 0.05) is 11.3 Å². The number of halogens is 3. The SMILES string of the molecule is CC(C)CC(C)c1ccccc1NC(=O)C1=C(C(F)(F)F)C=CCC1. The van der Waals surface area contributed by atoms with E-state index in [0.29, 0.717) is 18.0 Å². The van der Waals surface area contributed by atoms with Crippen LogP contribution in [0, 0.1) is 5.92 Å². The van der Waals surface area contributed by atoms with Crippen LogP contribution in [-0.2, 0) is 4.79 Å². The van der Waals surface area contributed by atoms with Gasteiger partial charge < -0.3 is 5.32 Å². The molecule has 5 heteroatoms. The number of para-hydroxylation sites is 1. The van der Waals surface area contributed by atoms with Crippen molar-refractivity contribution in [3.05, 3.63) is 53.1 Å². The normalized spacial score (nSPS) is 16.3. The van der Waals surface area contributed by atoms with Crippen LogP contribution in [0.2, 0.25) is 0 Å². The predicted octanol–water partition coefficient (Wildman–Crippen LogP) is 5.98. The molecule has 2 nitrogen and oxygen atoms in total. The summed E-state index contributed by atoms with van der Waals surface area (Å²) in [6.07, 6.45) is -0.585. The molecule has 1 aliphatic rings. The first-order valence-electron chi connectivity index (χ1n) is 8.57. The van der Waals surface area contributed by atoms with E-state index in [1.54, 1.807) is 12.1 Å². The average molecular weight is 351 g/mol. The third-order valence-corrected chi connectivity index (χ3v) is 4.31. The zero-order valence-corrected chi connectivity index (χ0v) is 14.8. The van der Waals surface area contributed by atoms with Crippen LogP contribution in [0.3, 0.4) is 0 Å². The Kier molecular flexibility index (Phi) is 6.09. The van der Waals surface area contributed by atoms with Gasteiger partial charge in [0.2, 0.25) is 0 Å². The number of hydrogen-bond donors (Lipinski definition) is 1. The second kappa shape index (κ2) is 7.89. The molecule has 1 aromatic carbocycles. The van der Waals surface area contributed by atoms with E-state index in [9.17, 15) is 18.0 Å². The fourth-order valence-electron chi connectivity index (χ4n) is 3.24. The molecule has 0 radical (unpaired) electrons. The smallest absolute Gasteiger partial charge is 0.322 e. The van der Waals surface area contributed by atoms with Gasteiger partial charge in [0.15, 0.2) is 0 Å². The van der Waals surface area contributed by atoms with Gasteiger partial charge in [-0.25, -0.2) is 0 Å². The van der Waals surface area contributed by atoms with Crippen LogP contribution < -0.4 is 5.32 Å². The molecule has 0 aromatic heterocycles. The summed E-state index contributed by atoms with van der Waals surface area (Å²) in [5.74, 6) is 0.0291. The first kappa shape index (κ1) is 19.3. The number of alkyl halides is 3. The van der Waals surface area contributed by atoms with Gasteiger partial charge in [0.05, 0.1) is 5.57 Å². The van der Waals surface area contributed by atoms with Gasteiger partial charge in [-0.15, -0.1) is 0 Å². The number of nitrogens with one attached hydrogen (secondary N) is 1. The maximum Gasteiger partial charge on any atom is 0.416 e. The molecular weight excluding hydrogens is 327 g/mol. The molecule has 1 N–H and O–H groups in total. The second-order valence-corrected chi connectivity index (χ2v) is 6.90. The van der Waals surface area contributed by atoms with E-state index >= 15 is 0 Å². The highest BCUT2D eigenvalue weighted by molar-refractivity contribution is 6.05. The molecule has 1 aliphatic carbocycles.